The number of nitrogens with one attached hydrogen (secondary N) is 2. The minimum absolute atomic E-state index is 0.0839. The van der Waals surface area contributed by atoms with Gasteiger partial charge in [0.25, 0.3) is 11.8 Å². The van der Waals surface area contributed by atoms with Crippen LogP contribution >= 0.6 is 11.3 Å². The van der Waals surface area contributed by atoms with Crippen LogP contribution in [-0.4, -0.2) is 31.6 Å². The van der Waals surface area contributed by atoms with Gasteiger partial charge in [-0.1, -0.05) is 6.07 Å². The third-order valence-electron chi connectivity index (χ3n) is 4.33. The fraction of sp³-hybridized carbons (Fsp3) is 0.368. The molecule has 28 heavy (non-hydrogen) atoms. The number of amides is 2. The van der Waals surface area contributed by atoms with Gasteiger partial charge in [-0.2, -0.15) is 13.2 Å². The van der Waals surface area contributed by atoms with Gasteiger partial charge in [0.15, 0.2) is 0 Å². The van der Waals surface area contributed by atoms with E-state index in [1.165, 1.54) is 17.4 Å². The highest BCUT2D eigenvalue weighted by molar-refractivity contribution is 7.12. The van der Waals surface area contributed by atoms with Gasteiger partial charge in [-0.05, 0) is 48.4 Å². The van der Waals surface area contributed by atoms with Gasteiger partial charge in [-0.25, -0.2) is 0 Å². The van der Waals surface area contributed by atoms with Crippen molar-refractivity contribution in [3.05, 3.63) is 51.7 Å². The molecule has 9 heteroatoms. The van der Waals surface area contributed by atoms with E-state index in [2.05, 4.69) is 10.6 Å². The Morgan fingerprint density at radius 2 is 2.04 bits per heavy atom. The van der Waals surface area contributed by atoms with E-state index in [-0.39, 0.29) is 17.2 Å². The van der Waals surface area contributed by atoms with Gasteiger partial charge < -0.3 is 15.4 Å². The molecule has 0 bridgehead atoms. The van der Waals surface area contributed by atoms with Crippen molar-refractivity contribution in [3.8, 4) is 0 Å². The average Bonchev–Trinajstić information content (AvgIpc) is 3.21. The van der Waals surface area contributed by atoms with E-state index in [4.69, 9.17) is 4.74 Å². The van der Waals surface area contributed by atoms with Gasteiger partial charge in [-0.15, -0.1) is 11.3 Å². The van der Waals surface area contributed by atoms with E-state index in [1.807, 2.05) is 0 Å². The molecule has 1 aliphatic rings. The number of anilines is 1. The number of carbonyl (C=O) groups is 2. The summed E-state index contributed by atoms with van der Waals surface area (Å²) >= 11 is 1.17. The smallest absolute Gasteiger partial charge is 0.381 e. The van der Waals surface area contributed by atoms with Crippen LogP contribution in [0, 0.1) is 5.92 Å². The highest BCUT2D eigenvalue weighted by atomic mass is 32.1. The van der Waals surface area contributed by atoms with Gasteiger partial charge in [0.1, 0.15) is 0 Å². The molecule has 1 unspecified atom stereocenters. The molecule has 1 atom stereocenters. The largest absolute Gasteiger partial charge is 0.416 e. The summed E-state index contributed by atoms with van der Waals surface area (Å²) in [6.07, 6.45) is -2.86. The van der Waals surface area contributed by atoms with Crippen molar-refractivity contribution < 1.29 is 27.5 Å². The van der Waals surface area contributed by atoms with Crippen LogP contribution in [-0.2, 0) is 10.9 Å². The van der Waals surface area contributed by atoms with Crippen LogP contribution in [0.5, 0.6) is 0 Å². The van der Waals surface area contributed by atoms with Crippen LogP contribution in [0.1, 0.15) is 38.4 Å². The van der Waals surface area contributed by atoms with Gasteiger partial charge in [0, 0.05) is 24.4 Å². The summed E-state index contributed by atoms with van der Waals surface area (Å²) in [6.45, 7) is 1.53. The van der Waals surface area contributed by atoms with Crippen LogP contribution in [0.15, 0.2) is 35.7 Å². The molecule has 0 spiro atoms. The predicted molar refractivity (Wildman–Crippen MR) is 99.6 cm³/mol. The number of ether oxygens (including phenoxy) is 1. The molecule has 2 heterocycles. The Hall–Kier alpha value is -2.39. The molecule has 1 saturated heterocycles. The molecule has 2 amide bonds. The van der Waals surface area contributed by atoms with Gasteiger partial charge in [-0.3, -0.25) is 9.59 Å². The third kappa shape index (κ3) is 5.32. The molecule has 0 radical (unpaired) electrons. The number of alkyl halides is 3. The van der Waals surface area contributed by atoms with Crippen molar-refractivity contribution in [3.63, 3.8) is 0 Å². The fourth-order valence-electron chi connectivity index (χ4n) is 2.90. The number of halogens is 3. The zero-order chi connectivity index (χ0) is 20.1. The van der Waals surface area contributed by atoms with Crippen LogP contribution in [0.4, 0.5) is 18.9 Å². The Bertz CT molecular complexity index is 831. The predicted octanol–water partition coefficient (Wildman–Crippen LogP) is 4.18. The summed E-state index contributed by atoms with van der Waals surface area (Å²) in [5.74, 6) is -1.01. The van der Waals surface area contributed by atoms with Crippen LogP contribution in [0.2, 0.25) is 0 Å². The third-order valence-corrected chi connectivity index (χ3v) is 5.20. The van der Waals surface area contributed by atoms with Crippen molar-refractivity contribution in [2.75, 3.05) is 25.1 Å². The Kier molecular flexibility index (Phi) is 6.35. The first-order chi connectivity index (χ1) is 13.3. The first-order valence-electron chi connectivity index (χ1n) is 8.76. The second kappa shape index (κ2) is 8.74. The van der Waals surface area contributed by atoms with Crippen molar-refractivity contribution in [1.29, 1.82) is 0 Å². The monoisotopic (exact) mass is 412 g/mol. The first kappa shape index (κ1) is 20.3. The van der Waals surface area contributed by atoms with Crippen LogP contribution in [0.25, 0.3) is 0 Å². The summed E-state index contributed by atoms with van der Waals surface area (Å²) in [4.78, 5) is 24.9. The molecular weight excluding hydrogens is 393 g/mol. The maximum atomic E-state index is 13.2. The minimum atomic E-state index is -4.64. The first-order valence-corrected chi connectivity index (χ1v) is 9.64. The second-order valence-corrected chi connectivity index (χ2v) is 7.47. The SMILES string of the molecule is O=C(NCC1CCCOC1)c1cc(NC(=O)c2cccs2)cc(C(F)(F)F)c1. The van der Waals surface area contributed by atoms with E-state index < -0.39 is 23.6 Å². The van der Waals surface area contributed by atoms with Gasteiger partial charge in [0.2, 0.25) is 0 Å². The lowest BCUT2D eigenvalue weighted by atomic mass is 10.0. The molecule has 1 aromatic carbocycles. The maximum absolute atomic E-state index is 13.2. The molecule has 0 aliphatic carbocycles. The van der Waals surface area contributed by atoms with Crippen LogP contribution < -0.4 is 10.6 Å². The van der Waals surface area contributed by atoms with Crippen LogP contribution in [0.3, 0.4) is 0 Å². The summed E-state index contributed by atoms with van der Waals surface area (Å²) in [7, 11) is 0. The standard InChI is InChI=1S/C19H19F3N2O3S/c20-19(21,22)14-7-13(17(25)23-10-12-3-1-5-27-11-12)8-15(9-14)24-18(26)16-4-2-6-28-16/h2,4,6-9,12H,1,3,5,10-11H2,(H,23,25)(H,24,26). The van der Waals surface area contributed by atoms with E-state index >= 15 is 0 Å². The molecule has 150 valence electrons. The second-order valence-electron chi connectivity index (χ2n) is 6.52. The lowest BCUT2D eigenvalue weighted by Gasteiger charge is -2.22. The molecule has 3 rings (SSSR count). The molecule has 1 aromatic heterocycles. The number of thiophene rings is 1. The van der Waals surface area contributed by atoms with Crippen molar-refractivity contribution >= 4 is 28.8 Å². The van der Waals surface area contributed by atoms with Crippen molar-refractivity contribution in [2.24, 2.45) is 5.92 Å². The van der Waals surface area contributed by atoms with Gasteiger partial charge >= 0.3 is 6.18 Å². The normalized spacial score (nSPS) is 17.2. The molecule has 5 nitrogen and oxygen atoms in total. The highest BCUT2D eigenvalue weighted by Gasteiger charge is 2.32. The Morgan fingerprint density at radius 1 is 1.21 bits per heavy atom. The van der Waals surface area contributed by atoms with E-state index in [1.54, 1.807) is 17.5 Å². The summed E-state index contributed by atoms with van der Waals surface area (Å²) in [6, 6.07) is 6.07. The Balaban J connectivity index is 1.77. The zero-order valence-electron chi connectivity index (χ0n) is 14.8. The average molecular weight is 412 g/mol. The zero-order valence-corrected chi connectivity index (χ0v) is 15.7. The van der Waals surface area contributed by atoms with E-state index in [0.717, 1.165) is 25.0 Å². The lowest BCUT2D eigenvalue weighted by Crippen LogP contribution is -2.33. The number of hydrogen-bond donors (Lipinski definition) is 2. The Labute approximate surface area is 163 Å². The highest BCUT2D eigenvalue weighted by Crippen LogP contribution is 2.32. The topological polar surface area (TPSA) is 67.4 Å². The minimum Gasteiger partial charge on any atom is -0.381 e. The molecule has 1 fully saturated rings. The van der Waals surface area contributed by atoms with Crippen molar-refractivity contribution in [1.82, 2.24) is 5.32 Å². The number of hydrogen-bond acceptors (Lipinski definition) is 4. The molecule has 1 aliphatic heterocycles. The summed E-state index contributed by atoms with van der Waals surface area (Å²) in [5.41, 5.74) is -1.24. The quantitative estimate of drug-likeness (QED) is 0.774. The molecular formula is C19H19F3N2O3S. The molecule has 2 aromatic rings. The van der Waals surface area contributed by atoms with E-state index in [9.17, 15) is 22.8 Å². The summed E-state index contributed by atoms with van der Waals surface area (Å²) in [5, 5.41) is 6.78. The number of carbonyl (C=O) groups excluding carboxylic acids is 2. The fourth-order valence-corrected chi connectivity index (χ4v) is 3.52. The molecule has 0 saturated carbocycles. The van der Waals surface area contributed by atoms with E-state index in [0.29, 0.717) is 24.6 Å². The van der Waals surface area contributed by atoms with Gasteiger partial charge in [0.05, 0.1) is 17.0 Å². The van der Waals surface area contributed by atoms with Crippen molar-refractivity contribution in [2.45, 2.75) is 19.0 Å². The summed E-state index contributed by atoms with van der Waals surface area (Å²) < 4.78 is 45.1. The maximum Gasteiger partial charge on any atom is 0.416 e. The lowest BCUT2D eigenvalue weighted by molar-refractivity contribution is -0.137. The number of rotatable bonds is 5. The number of benzene rings is 1. The Morgan fingerprint density at radius 3 is 2.68 bits per heavy atom. The molecule has 2 N–H and O–H groups in total.